The Morgan fingerprint density at radius 2 is 1.86 bits per heavy atom. The quantitative estimate of drug-likeness (QED) is 0.674. The van der Waals surface area contributed by atoms with Gasteiger partial charge in [-0.1, -0.05) is 0 Å². The number of hydrogen-bond acceptors (Lipinski definition) is 4. The summed E-state index contributed by atoms with van der Waals surface area (Å²) >= 11 is 0. The van der Waals surface area contributed by atoms with Gasteiger partial charge in [0.1, 0.15) is 6.33 Å². The molecule has 0 fully saturated rings. The molecule has 0 atom stereocenters. The molecule has 1 rings (SSSR count). The summed E-state index contributed by atoms with van der Waals surface area (Å²) in [5.41, 5.74) is 1.70. The maximum atomic E-state index is 5.41. The lowest BCUT2D eigenvalue weighted by Crippen LogP contribution is -2.11. The standard InChI is InChI=1S/C10H16N2O2/c1-4-13-10(14-5-2)9-6-8(3)11-7-12-9/h6-7,10H,4-5H2,1-3H3. The molecule has 4 nitrogen and oxygen atoms in total. The number of ether oxygens (including phenoxy) is 2. The van der Waals surface area contributed by atoms with E-state index >= 15 is 0 Å². The molecule has 1 aromatic rings. The van der Waals surface area contributed by atoms with Gasteiger partial charge in [-0.05, 0) is 26.8 Å². The number of aryl methyl sites for hydroxylation is 1. The van der Waals surface area contributed by atoms with Gasteiger partial charge in [-0.15, -0.1) is 0 Å². The van der Waals surface area contributed by atoms with Gasteiger partial charge in [0.15, 0.2) is 0 Å². The fourth-order valence-electron chi connectivity index (χ4n) is 1.13. The van der Waals surface area contributed by atoms with Crippen LogP contribution in [0.5, 0.6) is 0 Å². The van der Waals surface area contributed by atoms with E-state index in [1.807, 2.05) is 26.8 Å². The molecule has 0 radical (unpaired) electrons. The third-order valence-corrected chi connectivity index (χ3v) is 1.70. The van der Waals surface area contributed by atoms with Crippen LogP contribution in [-0.4, -0.2) is 23.2 Å². The second kappa shape index (κ2) is 5.67. The first-order valence-electron chi connectivity index (χ1n) is 4.79. The summed E-state index contributed by atoms with van der Waals surface area (Å²) in [4.78, 5) is 8.14. The Hall–Kier alpha value is -1.00. The summed E-state index contributed by atoms with van der Waals surface area (Å²) in [5, 5.41) is 0. The molecule has 0 aromatic carbocycles. The van der Waals surface area contributed by atoms with Crippen molar-refractivity contribution >= 4 is 0 Å². The third kappa shape index (κ3) is 3.05. The van der Waals surface area contributed by atoms with Crippen LogP contribution in [0.2, 0.25) is 0 Å². The van der Waals surface area contributed by atoms with Gasteiger partial charge in [0, 0.05) is 18.9 Å². The highest BCUT2D eigenvalue weighted by atomic mass is 16.7. The smallest absolute Gasteiger partial charge is 0.201 e. The van der Waals surface area contributed by atoms with Crippen LogP contribution >= 0.6 is 0 Å². The maximum Gasteiger partial charge on any atom is 0.201 e. The topological polar surface area (TPSA) is 44.2 Å². The van der Waals surface area contributed by atoms with E-state index in [4.69, 9.17) is 9.47 Å². The van der Waals surface area contributed by atoms with Gasteiger partial charge in [0.25, 0.3) is 0 Å². The minimum absolute atomic E-state index is 0.369. The van der Waals surface area contributed by atoms with Gasteiger partial charge in [-0.25, -0.2) is 9.97 Å². The second-order valence-electron chi connectivity index (χ2n) is 2.83. The maximum absolute atomic E-state index is 5.41. The van der Waals surface area contributed by atoms with Gasteiger partial charge in [0.05, 0.1) is 5.69 Å². The van der Waals surface area contributed by atoms with Gasteiger partial charge in [-0.2, -0.15) is 0 Å². The lowest BCUT2D eigenvalue weighted by Gasteiger charge is -2.15. The summed E-state index contributed by atoms with van der Waals surface area (Å²) < 4.78 is 10.8. The summed E-state index contributed by atoms with van der Waals surface area (Å²) in [5.74, 6) is 0. The third-order valence-electron chi connectivity index (χ3n) is 1.70. The highest BCUT2D eigenvalue weighted by molar-refractivity contribution is 5.07. The largest absolute Gasteiger partial charge is 0.347 e. The zero-order valence-corrected chi connectivity index (χ0v) is 8.86. The number of aromatic nitrogens is 2. The van der Waals surface area contributed by atoms with E-state index < -0.39 is 0 Å². The first-order chi connectivity index (χ1) is 6.77. The molecule has 4 heteroatoms. The molecule has 78 valence electrons. The van der Waals surface area contributed by atoms with E-state index in [9.17, 15) is 0 Å². The molecule has 0 N–H and O–H groups in total. The Labute approximate surface area is 84.3 Å². The van der Waals surface area contributed by atoms with Crippen molar-refractivity contribution in [3.05, 3.63) is 23.8 Å². The van der Waals surface area contributed by atoms with Crippen molar-refractivity contribution in [3.8, 4) is 0 Å². The monoisotopic (exact) mass is 196 g/mol. The molecule has 0 amide bonds. The van der Waals surface area contributed by atoms with Crippen LogP contribution in [0.15, 0.2) is 12.4 Å². The van der Waals surface area contributed by atoms with Crippen LogP contribution < -0.4 is 0 Å². The van der Waals surface area contributed by atoms with E-state index in [2.05, 4.69) is 9.97 Å². The molecule has 1 aromatic heterocycles. The normalized spacial score (nSPS) is 10.9. The van der Waals surface area contributed by atoms with Crippen molar-refractivity contribution in [2.75, 3.05) is 13.2 Å². The molecule has 0 unspecified atom stereocenters. The molecule has 1 heterocycles. The Morgan fingerprint density at radius 3 is 2.36 bits per heavy atom. The second-order valence-corrected chi connectivity index (χ2v) is 2.83. The van der Waals surface area contributed by atoms with E-state index in [1.165, 1.54) is 6.33 Å². The summed E-state index contributed by atoms with van der Waals surface area (Å²) in [7, 11) is 0. The molecule has 0 spiro atoms. The number of hydrogen-bond donors (Lipinski definition) is 0. The van der Waals surface area contributed by atoms with Gasteiger partial charge >= 0.3 is 0 Å². The number of rotatable bonds is 5. The average molecular weight is 196 g/mol. The van der Waals surface area contributed by atoms with Crippen LogP contribution in [0.4, 0.5) is 0 Å². The average Bonchev–Trinajstić information content (AvgIpc) is 2.17. The Morgan fingerprint density at radius 1 is 1.21 bits per heavy atom. The lowest BCUT2D eigenvalue weighted by atomic mass is 10.3. The highest BCUT2D eigenvalue weighted by Crippen LogP contribution is 2.16. The van der Waals surface area contributed by atoms with E-state index in [0.29, 0.717) is 13.2 Å². The fraction of sp³-hybridized carbons (Fsp3) is 0.600. The minimum Gasteiger partial charge on any atom is -0.347 e. The lowest BCUT2D eigenvalue weighted by molar-refractivity contribution is -0.142. The van der Waals surface area contributed by atoms with Gasteiger partial charge in [-0.3, -0.25) is 0 Å². The minimum atomic E-state index is -0.369. The first kappa shape index (κ1) is 11.1. The van der Waals surface area contributed by atoms with Crippen molar-refractivity contribution in [2.24, 2.45) is 0 Å². The zero-order chi connectivity index (χ0) is 10.4. The molecule has 0 aliphatic heterocycles. The van der Waals surface area contributed by atoms with Crippen molar-refractivity contribution < 1.29 is 9.47 Å². The first-order valence-corrected chi connectivity index (χ1v) is 4.79. The fourth-order valence-corrected chi connectivity index (χ4v) is 1.13. The predicted molar refractivity (Wildman–Crippen MR) is 52.8 cm³/mol. The SMILES string of the molecule is CCOC(OCC)c1cc(C)ncn1. The van der Waals surface area contributed by atoms with Gasteiger partial charge < -0.3 is 9.47 Å². The summed E-state index contributed by atoms with van der Waals surface area (Å²) in [6, 6.07) is 1.87. The van der Waals surface area contributed by atoms with Crippen LogP contribution in [0, 0.1) is 6.92 Å². The molecule has 14 heavy (non-hydrogen) atoms. The summed E-state index contributed by atoms with van der Waals surface area (Å²) in [6.45, 7) is 6.99. The van der Waals surface area contributed by atoms with Crippen LogP contribution in [0.3, 0.4) is 0 Å². The Kier molecular flexibility index (Phi) is 4.49. The molecule has 0 aliphatic carbocycles. The Balaban J connectivity index is 2.75. The van der Waals surface area contributed by atoms with Crippen LogP contribution in [-0.2, 0) is 9.47 Å². The van der Waals surface area contributed by atoms with Crippen LogP contribution in [0.25, 0.3) is 0 Å². The van der Waals surface area contributed by atoms with Gasteiger partial charge in [0.2, 0.25) is 6.29 Å². The van der Waals surface area contributed by atoms with Crippen molar-refractivity contribution in [2.45, 2.75) is 27.1 Å². The molecule has 0 bridgehead atoms. The van der Waals surface area contributed by atoms with Crippen molar-refractivity contribution in [1.82, 2.24) is 9.97 Å². The molecule has 0 saturated heterocycles. The molecular formula is C10H16N2O2. The Bertz CT molecular complexity index is 273. The molecule has 0 aliphatic rings. The van der Waals surface area contributed by atoms with E-state index in [0.717, 1.165) is 11.4 Å². The summed E-state index contributed by atoms with van der Waals surface area (Å²) in [6.07, 6.45) is 1.15. The van der Waals surface area contributed by atoms with Crippen LogP contribution in [0.1, 0.15) is 31.5 Å². The zero-order valence-electron chi connectivity index (χ0n) is 8.86. The van der Waals surface area contributed by atoms with Crippen molar-refractivity contribution in [3.63, 3.8) is 0 Å². The van der Waals surface area contributed by atoms with E-state index in [1.54, 1.807) is 0 Å². The molecular weight excluding hydrogens is 180 g/mol. The molecule has 0 saturated carbocycles. The predicted octanol–water partition coefficient (Wildman–Crippen LogP) is 1.86. The highest BCUT2D eigenvalue weighted by Gasteiger charge is 2.12. The van der Waals surface area contributed by atoms with E-state index in [-0.39, 0.29) is 6.29 Å². The number of nitrogens with zero attached hydrogens (tertiary/aromatic N) is 2. The van der Waals surface area contributed by atoms with Crippen molar-refractivity contribution in [1.29, 1.82) is 0 Å².